The molecule has 2 aromatic rings. The quantitative estimate of drug-likeness (QED) is 0.507. The van der Waals surface area contributed by atoms with E-state index < -0.39 is 23.6 Å². The molecule has 2 rings (SSSR count). The molecule has 0 bridgehead atoms. The summed E-state index contributed by atoms with van der Waals surface area (Å²) in [5.41, 5.74) is 0.178. The smallest absolute Gasteiger partial charge is 0.246 e. The lowest BCUT2D eigenvalue weighted by Gasteiger charge is -2.18. The van der Waals surface area contributed by atoms with E-state index in [1.54, 1.807) is 23.9 Å². The van der Waals surface area contributed by atoms with Crippen LogP contribution in [-0.2, 0) is 9.59 Å². The molecule has 0 fully saturated rings. The second kappa shape index (κ2) is 10.3. The number of carbonyl (C=O) groups excluding carboxylic acids is 2. The van der Waals surface area contributed by atoms with Crippen molar-refractivity contribution in [3.8, 4) is 0 Å². The molecular weight excluding hydrogens is 394 g/mol. The van der Waals surface area contributed by atoms with E-state index in [4.69, 9.17) is 11.6 Å². The maximum Gasteiger partial charge on any atom is 0.246 e. The molecule has 0 spiro atoms. The SMILES string of the molecule is CNC(=O)C(NC(=O)CCCSc1ccc(Cl)cc1)c1ccc(F)c(F)c1. The van der Waals surface area contributed by atoms with E-state index in [2.05, 4.69) is 10.6 Å². The van der Waals surface area contributed by atoms with Gasteiger partial charge in [-0.3, -0.25) is 9.59 Å². The van der Waals surface area contributed by atoms with E-state index in [-0.39, 0.29) is 17.9 Å². The average Bonchev–Trinajstić information content (AvgIpc) is 2.66. The molecule has 0 saturated heterocycles. The van der Waals surface area contributed by atoms with Crippen LogP contribution in [0.4, 0.5) is 8.78 Å². The van der Waals surface area contributed by atoms with E-state index in [1.807, 2.05) is 12.1 Å². The first-order valence-electron chi connectivity index (χ1n) is 8.25. The predicted octanol–water partition coefficient (Wildman–Crippen LogP) is 4.09. The van der Waals surface area contributed by atoms with Gasteiger partial charge < -0.3 is 10.6 Å². The van der Waals surface area contributed by atoms with Crippen molar-refractivity contribution >= 4 is 35.2 Å². The maximum atomic E-state index is 13.4. The summed E-state index contributed by atoms with van der Waals surface area (Å²) in [5.74, 6) is -2.23. The van der Waals surface area contributed by atoms with Crippen molar-refractivity contribution in [1.82, 2.24) is 10.6 Å². The Labute approximate surface area is 165 Å². The minimum atomic E-state index is -1.08. The molecule has 0 heterocycles. The van der Waals surface area contributed by atoms with Gasteiger partial charge in [0.1, 0.15) is 6.04 Å². The van der Waals surface area contributed by atoms with Gasteiger partial charge in [0.15, 0.2) is 11.6 Å². The van der Waals surface area contributed by atoms with Crippen LogP contribution in [0.15, 0.2) is 47.4 Å². The predicted molar refractivity (Wildman–Crippen MR) is 103 cm³/mol. The van der Waals surface area contributed by atoms with E-state index in [0.717, 1.165) is 17.0 Å². The van der Waals surface area contributed by atoms with Gasteiger partial charge in [0.2, 0.25) is 11.8 Å². The number of benzene rings is 2. The summed E-state index contributed by atoms with van der Waals surface area (Å²) in [5, 5.41) is 5.64. The van der Waals surface area contributed by atoms with Crippen molar-refractivity contribution in [3.05, 3.63) is 64.7 Å². The van der Waals surface area contributed by atoms with Crippen LogP contribution >= 0.6 is 23.4 Å². The molecule has 27 heavy (non-hydrogen) atoms. The highest BCUT2D eigenvalue weighted by Crippen LogP contribution is 2.22. The molecule has 2 N–H and O–H groups in total. The zero-order valence-electron chi connectivity index (χ0n) is 14.6. The molecule has 1 unspecified atom stereocenters. The molecule has 0 radical (unpaired) electrons. The van der Waals surface area contributed by atoms with E-state index in [1.165, 1.54) is 13.1 Å². The number of nitrogens with one attached hydrogen (secondary N) is 2. The Bertz CT molecular complexity index is 803. The summed E-state index contributed by atoms with van der Waals surface area (Å²) in [6, 6.07) is 9.42. The maximum absolute atomic E-state index is 13.4. The standard InChI is InChI=1S/C19H19ClF2N2O2S/c1-23-19(26)18(12-4-9-15(21)16(22)11-12)24-17(25)3-2-10-27-14-7-5-13(20)6-8-14/h4-9,11,18H,2-3,10H2,1H3,(H,23,26)(H,24,25). The van der Waals surface area contributed by atoms with Gasteiger partial charge >= 0.3 is 0 Å². The normalized spacial score (nSPS) is 11.7. The molecule has 2 amide bonds. The third kappa shape index (κ3) is 6.52. The van der Waals surface area contributed by atoms with Crippen molar-refractivity contribution in [2.75, 3.05) is 12.8 Å². The highest BCUT2D eigenvalue weighted by atomic mass is 35.5. The average molecular weight is 413 g/mol. The first-order valence-corrected chi connectivity index (χ1v) is 9.61. The molecule has 144 valence electrons. The fourth-order valence-corrected chi connectivity index (χ4v) is 3.30. The number of likely N-dealkylation sites (N-methyl/N-ethyl adjacent to an activating group) is 1. The van der Waals surface area contributed by atoms with Gasteiger partial charge in [-0.1, -0.05) is 17.7 Å². The van der Waals surface area contributed by atoms with Crippen LogP contribution in [-0.4, -0.2) is 24.6 Å². The van der Waals surface area contributed by atoms with Gasteiger partial charge in [-0.15, -0.1) is 11.8 Å². The van der Waals surface area contributed by atoms with E-state index in [9.17, 15) is 18.4 Å². The number of rotatable bonds is 8. The monoisotopic (exact) mass is 412 g/mol. The van der Waals surface area contributed by atoms with Crippen LogP contribution in [0.2, 0.25) is 5.02 Å². The lowest BCUT2D eigenvalue weighted by Crippen LogP contribution is -2.39. The van der Waals surface area contributed by atoms with Crippen LogP contribution in [0.3, 0.4) is 0 Å². The summed E-state index contributed by atoms with van der Waals surface area (Å²) in [6.07, 6.45) is 0.801. The minimum absolute atomic E-state index is 0.178. The van der Waals surface area contributed by atoms with Crippen LogP contribution in [0.25, 0.3) is 0 Å². The number of thioether (sulfide) groups is 1. The molecule has 0 aliphatic rings. The Morgan fingerprint density at radius 3 is 2.44 bits per heavy atom. The molecule has 4 nitrogen and oxygen atoms in total. The Morgan fingerprint density at radius 2 is 1.81 bits per heavy atom. The van der Waals surface area contributed by atoms with Crippen LogP contribution in [0.5, 0.6) is 0 Å². The lowest BCUT2D eigenvalue weighted by atomic mass is 10.1. The van der Waals surface area contributed by atoms with Gasteiger partial charge in [-0.2, -0.15) is 0 Å². The van der Waals surface area contributed by atoms with Crippen LogP contribution < -0.4 is 10.6 Å². The first-order chi connectivity index (χ1) is 12.9. The fraction of sp³-hybridized carbons (Fsp3) is 0.263. The van der Waals surface area contributed by atoms with Crippen LogP contribution in [0.1, 0.15) is 24.4 Å². The minimum Gasteiger partial charge on any atom is -0.357 e. The largest absolute Gasteiger partial charge is 0.357 e. The molecule has 0 aliphatic heterocycles. The summed E-state index contributed by atoms with van der Waals surface area (Å²) >= 11 is 7.42. The molecule has 0 aliphatic carbocycles. The Morgan fingerprint density at radius 1 is 1.11 bits per heavy atom. The summed E-state index contributed by atoms with van der Waals surface area (Å²) in [6.45, 7) is 0. The Hall–Kier alpha value is -2.12. The molecular formula is C19H19ClF2N2O2S. The molecule has 8 heteroatoms. The van der Waals surface area contributed by atoms with Crippen molar-refractivity contribution in [2.24, 2.45) is 0 Å². The zero-order valence-corrected chi connectivity index (χ0v) is 16.2. The third-order valence-electron chi connectivity index (χ3n) is 3.72. The molecule has 0 saturated carbocycles. The van der Waals surface area contributed by atoms with Gasteiger partial charge in [0, 0.05) is 23.4 Å². The number of hydrogen-bond donors (Lipinski definition) is 2. The molecule has 2 aromatic carbocycles. The highest BCUT2D eigenvalue weighted by molar-refractivity contribution is 7.99. The summed E-state index contributed by atoms with van der Waals surface area (Å²) in [7, 11) is 1.41. The second-order valence-corrected chi connectivity index (χ2v) is 7.30. The topological polar surface area (TPSA) is 58.2 Å². The first kappa shape index (κ1) is 21.2. The summed E-state index contributed by atoms with van der Waals surface area (Å²) < 4.78 is 26.6. The van der Waals surface area contributed by atoms with Crippen molar-refractivity contribution in [3.63, 3.8) is 0 Å². The number of carbonyl (C=O) groups is 2. The Kier molecular flexibility index (Phi) is 8.06. The van der Waals surface area contributed by atoms with Gasteiger partial charge in [-0.25, -0.2) is 8.78 Å². The van der Waals surface area contributed by atoms with Gasteiger partial charge in [0.05, 0.1) is 0 Å². The number of halogens is 3. The van der Waals surface area contributed by atoms with Gasteiger partial charge in [-0.05, 0) is 54.1 Å². The van der Waals surface area contributed by atoms with Crippen molar-refractivity contribution in [1.29, 1.82) is 0 Å². The van der Waals surface area contributed by atoms with E-state index >= 15 is 0 Å². The molecule has 1 atom stereocenters. The van der Waals surface area contributed by atoms with Crippen LogP contribution in [0, 0.1) is 11.6 Å². The fourth-order valence-electron chi connectivity index (χ4n) is 2.32. The summed E-state index contributed by atoms with van der Waals surface area (Å²) in [4.78, 5) is 25.2. The zero-order chi connectivity index (χ0) is 19.8. The van der Waals surface area contributed by atoms with Crippen molar-refractivity contribution < 1.29 is 18.4 Å². The molecule has 0 aromatic heterocycles. The highest BCUT2D eigenvalue weighted by Gasteiger charge is 2.22. The third-order valence-corrected chi connectivity index (χ3v) is 5.07. The van der Waals surface area contributed by atoms with E-state index in [0.29, 0.717) is 17.2 Å². The second-order valence-electron chi connectivity index (χ2n) is 5.69. The number of amides is 2. The van der Waals surface area contributed by atoms with Crippen molar-refractivity contribution in [2.45, 2.75) is 23.8 Å². The lowest BCUT2D eigenvalue weighted by molar-refractivity contribution is -0.128. The number of hydrogen-bond acceptors (Lipinski definition) is 3. The van der Waals surface area contributed by atoms with Gasteiger partial charge in [0.25, 0.3) is 0 Å². The Balaban J connectivity index is 1.88.